The minimum Gasteiger partial charge on any atom is -0.478 e. The first-order chi connectivity index (χ1) is 22.6. The van der Waals surface area contributed by atoms with Crippen LogP contribution in [-0.2, 0) is 24.2 Å². The number of Topliss-reactive ketones (excluding diaryl/α,β-unsaturated/α-hetero) is 1. The van der Waals surface area contributed by atoms with Crippen LogP contribution in [0.3, 0.4) is 0 Å². The highest BCUT2D eigenvalue weighted by molar-refractivity contribution is 6.30. The maximum atomic E-state index is 14.7. The molecule has 5 aromatic rings. The van der Waals surface area contributed by atoms with Crippen LogP contribution >= 0.6 is 11.6 Å². The smallest absolute Gasteiger partial charge is 0.335 e. The molecule has 238 valence electrons. The third kappa shape index (κ3) is 6.56. The summed E-state index contributed by atoms with van der Waals surface area (Å²) in [6.07, 6.45) is 1.78. The fourth-order valence-corrected chi connectivity index (χ4v) is 6.19. The lowest BCUT2D eigenvalue weighted by atomic mass is 9.83. The molecule has 1 N–H and O–H groups in total. The number of benzene rings is 4. The first kappa shape index (κ1) is 31.8. The molecule has 0 aliphatic carbocycles. The van der Waals surface area contributed by atoms with Gasteiger partial charge in [0, 0.05) is 19.5 Å². The van der Waals surface area contributed by atoms with Crippen LogP contribution in [0.1, 0.15) is 49.1 Å². The van der Waals surface area contributed by atoms with E-state index in [-0.39, 0.29) is 40.7 Å². The van der Waals surface area contributed by atoms with Gasteiger partial charge in [-0.2, -0.15) is 0 Å². The van der Waals surface area contributed by atoms with Crippen molar-refractivity contribution in [1.29, 1.82) is 0 Å². The lowest BCUT2D eigenvalue weighted by molar-refractivity contribution is -0.123. The van der Waals surface area contributed by atoms with Crippen molar-refractivity contribution in [3.05, 3.63) is 135 Å². The van der Waals surface area contributed by atoms with E-state index in [1.165, 1.54) is 40.9 Å². The van der Waals surface area contributed by atoms with E-state index in [0.717, 1.165) is 27.9 Å². The second-order valence-corrected chi connectivity index (χ2v) is 12.1. The van der Waals surface area contributed by atoms with Crippen molar-refractivity contribution in [2.75, 3.05) is 20.6 Å². The van der Waals surface area contributed by atoms with E-state index < -0.39 is 23.7 Å². The van der Waals surface area contributed by atoms with Crippen molar-refractivity contribution >= 4 is 29.3 Å². The van der Waals surface area contributed by atoms with Gasteiger partial charge >= 0.3 is 5.97 Å². The molecule has 1 aliphatic rings. The fraction of sp³-hybridized carbons (Fsp3) is 0.194. The number of amides is 1. The molecule has 0 radical (unpaired) electrons. The third-order valence-electron chi connectivity index (χ3n) is 8.22. The van der Waals surface area contributed by atoms with Crippen molar-refractivity contribution in [2.24, 2.45) is 0 Å². The van der Waals surface area contributed by atoms with Crippen LogP contribution in [0.5, 0.6) is 0 Å². The second kappa shape index (κ2) is 13.3. The number of aromatic carboxylic acids is 1. The van der Waals surface area contributed by atoms with Gasteiger partial charge in [-0.1, -0.05) is 77.5 Å². The van der Waals surface area contributed by atoms with Crippen molar-refractivity contribution in [3.63, 3.8) is 0 Å². The number of hydrogen-bond acceptors (Lipinski definition) is 6. The van der Waals surface area contributed by atoms with Crippen LogP contribution in [-0.4, -0.2) is 68.2 Å². The van der Waals surface area contributed by atoms with E-state index in [1.54, 1.807) is 18.2 Å². The van der Waals surface area contributed by atoms with Gasteiger partial charge in [0.2, 0.25) is 0 Å². The van der Waals surface area contributed by atoms with E-state index in [4.69, 9.17) is 11.6 Å². The highest BCUT2D eigenvalue weighted by Gasteiger charge is 2.38. The predicted molar refractivity (Wildman–Crippen MR) is 175 cm³/mol. The summed E-state index contributed by atoms with van der Waals surface area (Å²) in [6, 6.07) is 23.7. The molecular weight excluding hydrogens is 621 g/mol. The summed E-state index contributed by atoms with van der Waals surface area (Å²) >= 11 is 5.95. The quantitative estimate of drug-likeness (QED) is 0.207. The monoisotopic (exact) mass is 651 g/mol. The van der Waals surface area contributed by atoms with Gasteiger partial charge in [0.15, 0.2) is 17.3 Å². The minimum absolute atomic E-state index is 0.0301. The number of hydrogen-bond donors (Lipinski definition) is 1. The average molecular weight is 652 g/mol. The maximum Gasteiger partial charge on any atom is 0.335 e. The van der Waals surface area contributed by atoms with Gasteiger partial charge in [0.25, 0.3) is 5.91 Å². The van der Waals surface area contributed by atoms with Crippen molar-refractivity contribution < 1.29 is 23.9 Å². The minimum atomic E-state index is -1.06. The molecule has 1 aliphatic heterocycles. The number of nitrogens with zero attached hydrogens (tertiary/aromatic N) is 5. The van der Waals surface area contributed by atoms with Crippen LogP contribution < -0.4 is 0 Å². The second-order valence-electron chi connectivity index (χ2n) is 11.7. The van der Waals surface area contributed by atoms with Gasteiger partial charge in [-0.25, -0.2) is 13.9 Å². The zero-order valence-electron chi connectivity index (χ0n) is 25.7. The molecule has 6 rings (SSSR count). The molecule has 0 spiro atoms. The lowest BCUT2D eigenvalue weighted by Gasteiger charge is -2.37. The molecule has 0 saturated carbocycles. The first-order valence-corrected chi connectivity index (χ1v) is 15.4. The Kier molecular flexibility index (Phi) is 8.97. The van der Waals surface area contributed by atoms with E-state index in [0.29, 0.717) is 17.5 Å². The Labute approximate surface area is 275 Å². The molecule has 11 heteroatoms. The SMILES string of the molecule is CN(C)Cc1ccc(-c2cccc3c2CCN(C(=O)c2cn(-c4cccc(Cl)c4F)nn2)C3C(=O)Cc2ccc(C(=O)O)cc2)cc1. The zero-order valence-corrected chi connectivity index (χ0v) is 26.5. The lowest BCUT2D eigenvalue weighted by Crippen LogP contribution is -2.44. The van der Waals surface area contributed by atoms with Gasteiger partial charge < -0.3 is 14.9 Å². The summed E-state index contributed by atoms with van der Waals surface area (Å²) in [7, 11) is 4.03. The van der Waals surface area contributed by atoms with Crippen LogP contribution in [0.15, 0.2) is 91.1 Å². The largest absolute Gasteiger partial charge is 0.478 e. The maximum absolute atomic E-state index is 14.7. The van der Waals surface area contributed by atoms with E-state index in [2.05, 4.69) is 39.5 Å². The highest BCUT2D eigenvalue weighted by Crippen LogP contribution is 2.38. The van der Waals surface area contributed by atoms with Gasteiger partial charge in [-0.05, 0) is 78.2 Å². The number of aromatic nitrogens is 3. The fourth-order valence-electron chi connectivity index (χ4n) is 6.02. The molecular formula is C36H31ClFN5O4. The molecule has 0 fully saturated rings. The van der Waals surface area contributed by atoms with Crippen LogP contribution in [0.4, 0.5) is 4.39 Å². The zero-order chi connectivity index (χ0) is 33.2. The summed E-state index contributed by atoms with van der Waals surface area (Å²) in [6.45, 7) is 1.04. The highest BCUT2D eigenvalue weighted by atomic mass is 35.5. The molecule has 1 unspecified atom stereocenters. The number of carbonyl (C=O) groups excluding carboxylic acids is 2. The van der Waals surface area contributed by atoms with Crippen LogP contribution in [0, 0.1) is 5.82 Å². The summed E-state index contributed by atoms with van der Waals surface area (Å²) < 4.78 is 15.9. The summed E-state index contributed by atoms with van der Waals surface area (Å²) in [4.78, 5) is 43.2. The van der Waals surface area contributed by atoms with Crippen LogP contribution in [0.2, 0.25) is 5.02 Å². The Morgan fingerprint density at radius 3 is 2.36 bits per heavy atom. The Morgan fingerprint density at radius 1 is 0.957 bits per heavy atom. The third-order valence-corrected chi connectivity index (χ3v) is 8.51. The number of rotatable bonds is 9. The molecule has 47 heavy (non-hydrogen) atoms. The predicted octanol–water partition coefficient (Wildman–Crippen LogP) is 6.04. The Hall–Kier alpha value is -5.19. The standard InChI is InChI=1S/C36H31ClFN5O4/c1-41(2)20-23-11-13-24(14-12-23)26-5-3-6-28-27(26)17-18-42(34(28)32(44)19-22-9-15-25(16-10-22)36(46)47)35(45)30-21-43(40-39-30)31-8-4-7-29(37)33(31)38/h3-16,21,34H,17-20H2,1-2H3,(H,46,47). The molecule has 0 bridgehead atoms. The molecule has 1 atom stereocenters. The molecule has 0 saturated heterocycles. The topological polar surface area (TPSA) is 109 Å². The van der Waals surface area contributed by atoms with Gasteiger partial charge in [-0.3, -0.25) is 9.59 Å². The van der Waals surface area contributed by atoms with E-state index >= 15 is 0 Å². The molecule has 1 amide bonds. The molecule has 4 aromatic carbocycles. The summed E-state index contributed by atoms with van der Waals surface area (Å²) in [5.41, 5.74) is 5.56. The Balaban J connectivity index is 1.37. The van der Waals surface area contributed by atoms with Gasteiger partial charge in [0.1, 0.15) is 11.7 Å². The average Bonchev–Trinajstić information content (AvgIpc) is 3.55. The molecule has 9 nitrogen and oxygen atoms in total. The van der Waals surface area contributed by atoms with E-state index in [1.807, 2.05) is 32.3 Å². The van der Waals surface area contributed by atoms with Crippen molar-refractivity contribution in [1.82, 2.24) is 24.8 Å². The number of fused-ring (bicyclic) bond motifs is 1. The summed E-state index contributed by atoms with van der Waals surface area (Å²) in [5.74, 6) is -2.53. The summed E-state index contributed by atoms with van der Waals surface area (Å²) in [5, 5.41) is 17.2. The van der Waals surface area contributed by atoms with Gasteiger partial charge in [-0.15, -0.1) is 5.10 Å². The van der Waals surface area contributed by atoms with Crippen LogP contribution in [0.25, 0.3) is 16.8 Å². The normalized spacial score (nSPS) is 14.2. The number of carboxylic acids is 1. The van der Waals surface area contributed by atoms with Crippen molar-refractivity contribution in [2.45, 2.75) is 25.4 Å². The number of carboxylic acid groups (broad SMARTS) is 1. The first-order valence-electron chi connectivity index (χ1n) is 15.0. The molecule has 2 heterocycles. The van der Waals surface area contributed by atoms with Crippen molar-refractivity contribution in [3.8, 4) is 16.8 Å². The number of carbonyl (C=O) groups is 3. The molecule has 1 aromatic heterocycles. The Morgan fingerprint density at radius 2 is 1.66 bits per heavy atom. The Bertz CT molecular complexity index is 1970. The van der Waals surface area contributed by atoms with Gasteiger partial charge in [0.05, 0.1) is 16.8 Å². The number of ketones is 1. The van der Waals surface area contributed by atoms with E-state index in [9.17, 15) is 23.9 Å². The number of halogens is 2.